The molecule has 1 aliphatic rings. The number of ether oxygens (including phenoxy) is 2. The van der Waals surface area contributed by atoms with E-state index in [0.29, 0.717) is 17.5 Å². The number of hydrogen-bond donors (Lipinski definition) is 1. The van der Waals surface area contributed by atoms with Crippen molar-refractivity contribution in [2.45, 2.75) is 50.0 Å². The van der Waals surface area contributed by atoms with Crippen molar-refractivity contribution in [2.75, 3.05) is 5.75 Å². The van der Waals surface area contributed by atoms with Crippen molar-refractivity contribution < 1.29 is 58.4 Å². The molecule has 0 aromatic heterocycles. The first-order valence-corrected chi connectivity index (χ1v) is 12.6. The molecular formula is C19H23B3F6O7S. The van der Waals surface area contributed by atoms with Crippen molar-refractivity contribution in [1.29, 1.82) is 0 Å². The molecule has 0 amide bonds. The Labute approximate surface area is 206 Å². The zero-order valence-electron chi connectivity index (χ0n) is 19.6. The number of carbonyl (C=O) groups excluding carboxylic acids is 2. The summed E-state index contributed by atoms with van der Waals surface area (Å²) in [4.78, 5) is 25.0. The van der Waals surface area contributed by atoms with E-state index in [-0.39, 0.29) is 25.7 Å². The van der Waals surface area contributed by atoms with E-state index in [1.165, 1.54) is 0 Å². The van der Waals surface area contributed by atoms with Crippen molar-refractivity contribution in [3.8, 4) is 5.75 Å². The average molecular weight is 542 g/mol. The molecule has 0 atom stereocenters. The molecule has 0 bridgehead atoms. The normalized spacial score (nSPS) is 19.5. The third-order valence-corrected chi connectivity index (χ3v) is 6.82. The Hall–Kier alpha value is -2.16. The summed E-state index contributed by atoms with van der Waals surface area (Å²) in [5.41, 5.74) is -2.98. The number of carbonyl (C=O) groups is 2. The van der Waals surface area contributed by atoms with Crippen LogP contribution in [-0.2, 0) is 30.8 Å². The SMILES string of the molecule is BCc1cc(B)cc(B)c1OC(=O)C1CCC(C(=O)OC(CS(=O)(=O)O)(C(F)(F)F)C(F)(F)F)CC1. The first-order valence-electron chi connectivity index (χ1n) is 10.9. The minimum atomic E-state index is -6.39. The van der Waals surface area contributed by atoms with Gasteiger partial charge in [0, 0.05) is 0 Å². The van der Waals surface area contributed by atoms with Gasteiger partial charge in [0.25, 0.3) is 10.1 Å². The lowest BCUT2D eigenvalue weighted by atomic mass is 9.81. The van der Waals surface area contributed by atoms with Gasteiger partial charge < -0.3 is 9.47 Å². The van der Waals surface area contributed by atoms with E-state index in [1.54, 1.807) is 7.85 Å². The van der Waals surface area contributed by atoms with Gasteiger partial charge >= 0.3 is 29.9 Å². The predicted molar refractivity (Wildman–Crippen MR) is 123 cm³/mol. The van der Waals surface area contributed by atoms with E-state index in [0.717, 1.165) is 11.0 Å². The molecule has 0 saturated heterocycles. The van der Waals surface area contributed by atoms with Gasteiger partial charge in [0.05, 0.1) is 11.8 Å². The van der Waals surface area contributed by atoms with Gasteiger partial charge in [-0.3, -0.25) is 14.1 Å². The van der Waals surface area contributed by atoms with E-state index < -0.39 is 57.6 Å². The topological polar surface area (TPSA) is 107 Å². The van der Waals surface area contributed by atoms with Gasteiger partial charge in [0.2, 0.25) is 0 Å². The maximum absolute atomic E-state index is 13.4. The minimum Gasteiger partial charge on any atom is -0.438 e. The van der Waals surface area contributed by atoms with Crippen molar-refractivity contribution in [3.63, 3.8) is 0 Å². The number of benzene rings is 1. The highest BCUT2D eigenvalue weighted by Crippen LogP contribution is 2.47. The van der Waals surface area contributed by atoms with Crippen molar-refractivity contribution >= 4 is 56.5 Å². The zero-order valence-corrected chi connectivity index (χ0v) is 20.4. The van der Waals surface area contributed by atoms with Crippen LogP contribution in [0.4, 0.5) is 26.3 Å². The summed E-state index contributed by atoms with van der Waals surface area (Å²) in [6, 6.07) is 3.66. The lowest BCUT2D eigenvalue weighted by Gasteiger charge is -2.37. The van der Waals surface area contributed by atoms with E-state index in [1.807, 2.05) is 27.8 Å². The highest BCUT2D eigenvalue weighted by Gasteiger charge is 2.76. The molecule has 1 fully saturated rings. The molecule has 1 saturated carbocycles. The minimum absolute atomic E-state index is 0.0751. The number of alkyl halides is 6. The smallest absolute Gasteiger partial charge is 0.438 e. The Balaban J connectivity index is 2.15. The molecular weight excluding hydrogens is 519 g/mol. The van der Waals surface area contributed by atoms with E-state index in [4.69, 9.17) is 9.29 Å². The Morgan fingerprint density at radius 3 is 1.83 bits per heavy atom. The van der Waals surface area contributed by atoms with Crippen LogP contribution < -0.4 is 15.7 Å². The molecule has 0 heterocycles. The predicted octanol–water partition coefficient (Wildman–Crippen LogP) is -0.657. The molecule has 1 aliphatic carbocycles. The van der Waals surface area contributed by atoms with Gasteiger partial charge in [0.15, 0.2) is 0 Å². The monoisotopic (exact) mass is 542 g/mol. The Kier molecular flexibility index (Phi) is 8.92. The van der Waals surface area contributed by atoms with Crippen molar-refractivity contribution in [1.82, 2.24) is 0 Å². The molecule has 1 aromatic carbocycles. The molecule has 1 N–H and O–H groups in total. The summed E-state index contributed by atoms with van der Waals surface area (Å²) < 4.78 is 120. The highest BCUT2D eigenvalue weighted by molar-refractivity contribution is 7.85. The summed E-state index contributed by atoms with van der Waals surface area (Å²) in [7, 11) is -0.370. The molecule has 1 aromatic rings. The fourth-order valence-electron chi connectivity index (χ4n) is 4.18. The Morgan fingerprint density at radius 1 is 0.944 bits per heavy atom. The fourth-order valence-corrected chi connectivity index (χ4v) is 5.08. The summed E-state index contributed by atoms with van der Waals surface area (Å²) in [5, 5.41) is 0. The van der Waals surface area contributed by atoms with Crippen LogP contribution in [0, 0.1) is 11.8 Å². The Morgan fingerprint density at radius 2 is 1.42 bits per heavy atom. The fraction of sp³-hybridized carbons (Fsp3) is 0.579. The second kappa shape index (κ2) is 10.7. The van der Waals surface area contributed by atoms with E-state index in [9.17, 15) is 44.3 Å². The highest BCUT2D eigenvalue weighted by atomic mass is 32.2. The third-order valence-electron chi connectivity index (χ3n) is 6.05. The van der Waals surface area contributed by atoms with Crippen LogP contribution in [0.5, 0.6) is 5.75 Å². The van der Waals surface area contributed by atoms with Gasteiger partial charge in [0.1, 0.15) is 35.0 Å². The summed E-state index contributed by atoms with van der Waals surface area (Å²) in [5.74, 6) is -7.34. The van der Waals surface area contributed by atoms with Gasteiger partial charge in [-0.2, -0.15) is 34.8 Å². The van der Waals surface area contributed by atoms with Crippen LogP contribution in [0.2, 0.25) is 0 Å². The number of halogens is 6. The van der Waals surface area contributed by atoms with E-state index in [2.05, 4.69) is 4.74 Å². The van der Waals surface area contributed by atoms with Gasteiger partial charge in [-0.25, -0.2) is 0 Å². The molecule has 2 rings (SSSR count). The number of rotatable bonds is 7. The third kappa shape index (κ3) is 6.78. The summed E-state index contributed by atoms with van der Waals surface area (Å²) in [6.45, 7) is 0. The van der Waals surface area contributed by atoms with Crippen molar-refractivity contribution in [3.05, 3.63) is 17.7 Å². The first kappa shape index (κ1) is 30.1. The summed E-state index contributed by atoms with van der Waals surface area (Å²) >= 11 is 0. The molecule has 0 radical (unpaired) electrons. The second-order valence-electron chi connectivity index (χ2n) is 8.86. The second-order valence-corrected chi connectivity index (χ2v) is 10.3. The molecule has 0 aliphatic heterocycles. The zero-order chi connectivity index (χ0) is 27.7. The lowest BCUT2D eigenvalue weighted by molar-refractivity contribution is -0.362. The molecule has 0 unspecified atom stereocenters. The molecule has 0 spiro atoms. The van der Waals surface area contributed by atoms with Crippen LogP contribution in [-0.4, -0.2) is 72.2 Å². The Bertz CT molecular complexity index is 1090. The maximum atomic E-state index is 13.4. The van der Waals surface area contributed by atoms with Crippen LogP contribution in [0.3, 0.4) is 0 Å². The molecule has 17 heteroatoms. The van der Waals surface area contributed by atoms with Crippen LogP contribution in [0.15, 0.2) is 12.1 Å². The number of hydrogen-bond acceptors (Lipinski definition) is 6. The van der Waals surface area contributed by atoms with Crippen molar-refractivity contribution in [2.24, 2.45) is 11.8 Å². The summed E-state index contributed by atoms with van der Waals surface area (Å²) in [6.07, 6.45) is -12.9. The largest absolute Gasteiger partial charge is 0.438 e. The van der Waals surface area contributed by atoms with Crippen LogP contribution >= 0.6 is 0 Å². The van der Waals surface area contributed by atoms with Gasteiger partial charge in [-0.1, -0.05) is 23.9 Å². The standard InChI is InChI=1S/C19H23B3F6O7S/c20-7-11-5-12(21)6-13(22)14(11)34-15(29)9-1-3-10(4-2-9)16(30)35-17(18(23,24)25,19(26,27)28)8-36(31,32)33/h5-6,9-10H,1-4,7-8,20-22H2,(H,31,32,33). The first-order chi connectivity index (χ1) is 16.3. The maximum Gasteiger partial charge on any atom is 0.438 e. The molecule has 198 valence electrons. The van der Waals surface area contributed by atoms with Crippen LogP contribution in [0.25, 0.3) is 0 Å². The van der Waals surface area contributed by atoms with Crippen LogP contribution in [0.1, 0.15) is 31.2 Å². The molecule has 7 nitrogen and oxygen atoms in total. The number of esters is 2. The van der Waals surface area contributed by atoms with E-state index >= 15 is 0 Å². The van der Waals surface area contributed by atoms with Gasteiger partial charge in [-0.15, -0.1) is 0 Å². The quantitative estimate of drug-likeness (QED) is 0.161. The average Bonchev–Trinajstić information content (AvgIpc) is 2.72. The molecule has 36 heavy (non-hydrogen) atoms. The van der Waals surface area contributed by atoms with Gasteiger partial charge in [-0.05, 0) is 36.7 Å². The lowest BCUT2D eigenvalue weighted by Crippen LogP contribution is -2.63.